The number of hydrogen-bond donors (Lipinski definition) is 2. The fourth-order valence-corrected chi connectivity index (χ4v) is 4.04. The van der Waals surface area contributed by atoms with Crippen LogP contribution >= 0.6 is 0 Å². The second kappa shape index (κ2) is 5.88. The Hall–Kier alpha value is -2.79. The smallest absolute Gasteiger partial charge is 0.247 e. The molecular formula is C21H19N3O2. The zero-order chi connectivity index (χ0) is 17.7. The van der Waals surface area contributed by atoms with Crippen molar-refractivity contribution >= 4 is 16.9 Å². The van der Waals surface area contributed by atoms with Gasteiger partial charge in [0.1, 0.15) is 0 Å². The summed E-state index contributed by atoms with van der Waals surface area (Å²) in [6.07, 6.45) is 4.26. The summed E-state index contributed by atoms with van der Waals surface area (Å²) < 4.78 is 0. The summed E-state index contributed by atoms with van der Waals surface area (Å²) in [4.78, 5) is 21.5. The Morgan fingerprint density at radius 1 is 1.00 bits per heavy atom. The zero-order valence-electron chi connectivity index (χ0n) is 14.2. The lowest BCUT2D eigenvalue weighted by molar-refractivity contribution is -0.130. The van der Waals surface area contributed by atoms with E-state index in [4.69, 9.17) is 10.2 Å². The Kier molecular flexibility index (Phi) is 3.50. The molecule has 5 nitrogen and oxygen atoms in total. The molecule has 2 saturated carbocycles. The minimum atomic E-state index is -0.332. The molecule has 2 N–H and O–H groups in total. The van der Waals surface area contributed by atoms with Crippen LogP contribution < -0.4 is 5.48 Å². The molecule has 2 aromatic carbocycles. The second-order valence-corrected chi connectivity index (χ2v) is 7.28. The fraction of sp³-hybridized carbons (Fsp3) is 0.286. The molecule has 130 valence electrons. The van der Waals surface area contributed by atoms with Crippen LogP contribution in [0.1, 0.15) is 47.4 Å². The van der Waals surface area contributed by atoms with Crippen molar-refractivity contribution in [3.63, 3.8) is 0 Å². The van der Waals surface area contributed by atoms with Crippen LogP contribution in [0.15, 0.2) is 54.7 Å². The van der Waals surface area contributed by atoms with Gasteiger partial charge in [0, 0.05) is 24.0 Å². The van der Waals surface area contributed by atoms with E-state index in [1.807, 2.05) is 54.1 Å². The van der Waals surface area contributed by atoms with Gasteiger partial charge in [-0.15, -0.1) is 0 Å². The summed E-state index contributed by atoms with van der Waals surface area (Å²) in [5.41, 5.74) is 6.84. The maximum Gasteiger partial charge on any atom is 0.247 e. The molecule has 0 aliphatic heterocycles. The van der Waals surface area contributed by atoms with Crippen LogP contribution in [0.4, 0.5) is 0 Å². The van der Waals surface area contributed by atoms with Crippen molar-refractivity contribution in [3.05, 3.63) is 71.5 Å². The van der Waals surface area contributed by atoms with Crippen molar-refractivity contribution in [2.24, 2.45) is 5.92 Å². The minimum absolute atomic E-state index is 0.0420. The summed E-state index contributed by atoms with van der Waals surface area (Å²) in [6, 6.07) is 16.1. The average molecular weight is 345 g/mol. The van der Waals surface area contributed by atoms with Crippen LogP contribution in [0, 0.1) is 5.92 Å². The van der Waals surface area contributed by atoms with Crippen molar-refractivity contribution in [1.29, 1.82) is 0 Å². The van der Waals surface area contributed by atoms with Crippen LogP contribution in [0.3, 0.4) is 0 Å². The number of rotatable bonds is 4. The van der Waals surface area contributed by atoms with E-state index in [0.717, 1.165) is 27.9 Å². The number of aromatic nitrogens is 2. The molecule has 1 aromatic heterocycles. The molecule has 0 saturated heterocycles. The molecule has 0 radical (unpaired) electrons. The quantitative estimate of drug-likeness (QED) is 0.560. The predicted octanol–water partition coefficient (Wildman–Crippen LogP) is 3.51. The van der Waals surface area contributed by atoms with Crippen LogP contribution in [-0.4, -0.2) is 21.1 Å². The normalized spacial score (nSPS) is 24.4. The highest BCUT2D eigenvalue weighted by atomic mass is 16.5. The summed E-state index contributed by atoms with van der Waals surface area (Å²) in [7, 11) is 0. The van der Waals surface area contributed by atoms with Gasteiger partial charge in [0.05, 0.1) is 22.6 Å². The Morgan fingerprint density at radius 3 is 2.50 bits per heavy atom. The fourth-order valence-electron chi connectivity index (χ4n) is 4.04. The number of carbonyl (C=O) groups is 1. The number of hydroxylamine groups is 1. The molecule has 5 heteroatoms. The zero-order valence-corrected chi connectivity index (χ0v) is 14.2. The van der Waals surface area contributed by atoms with Crippen LogP contribution in [0.25, 0.3) is 11.0 Å². The largest absolute Gasteiger partial charge is 0.289 e. The second-order valence-electron chi connectivity index (χ2n) is 7.28. The molecule has 2 fully saturated rings. The van der Waals surface area contributed by atoms with Crippen molar-refractivity contribution in [2.75, 3.05) is 0 Å². The average Bonchev–Trinajstić information content (AvgIpc) is 3.60. The Labute approximate surface area is 151 Å². The minimum Gasteiger partial charge on any atom is -0.289 e. The van der Waals surface area contributed by atoms with E-state index in [-0.39, 0.29) is 23.7 Å². The lowest BCUT2D eigenvalue weighted by Gasteiger charge is -2.05. The number of hydrogen-bond acceptors (Lipinski definition) is 4. The first-order chi connectivity index (χ1) is 12.8. The van der Waals surface area contributed by atoms with Gasteiger partial charge < -0.3 is 0 Å². The number of fused-ring (bicyclic) bond motifs is 1. The molecule has 26 heavy (non-hydrogen) atoms. The first-order valence-electron chi connectivity index (χ1n) is 9.02. The third-order valence-corrected chi connectivity index (χ3v) is 5.58. The van der Waals surface area contributed by atoms with Gasteiger partial charge in [-0.2, -0.15) is 0 Å². The number of nitrogens with zero attached hydrogens (tertiary/aromatic N) is 2. The lowest BCUT2D eigenvalue weighted by Crippen LogP contribution is -2.21. The molecule has 1 heterocycles. The van der Waals surface area contributed by atoms with Gasteiger partial charge in [0.25, 0.3) is 0 Å². The van der Waals surface area contributed by atoms with E-state index in [1.165, 1.54) is 12.8 Å². The lowest BCUT2D eigenvalue weighted by atomic mass is 10.0. The highest BCUT2D eigenvalue weighted by Crippen LogP contribution is 2.60. The molecular weight excluding hydrogens is 326 g/mol. The first kappa shape index (κ1) is 15.5. The Morgan fingerprint density at radius 2 is 1.77 bits per heavy atom. The van der Waals surface area contributed by atoms with Crippen molar-refractivity contribution in [1.82, 2.24) is 15.4 Å². The molecule has 5 rings (SSSR count). The highest BCUT2D eigenvalue weighted by molar-refractivity contribution is 5.85. The van der Waals surface area contributed by atoms with Gasteiger partial charge in [0.15, 0.2) is 0 Å². The third-order valence-electron chi connectivity index (χ3n) is 5.58. The van der Waals surface area contributed by atoms with Crippen LogP contribution in [0.2, 0.25) is 0 Å². The summed E-state index contributed by atoms with van der Waals surface area (Å²) in [5, 5.41) is 9.13. The number of carbonyl (C=O) groups excluding carboxylic acids is 1. The van der Waals surface area contributed by atoms with Crippen molar-refractivity contribution in [2.45, 2.75) is 30.6 Å². The van der Waals surface area contributed by atoms with Gasteiger partial charge in [-0.05, 0) is 36.1 Å². The number of benzene rings is 2. The summed E-state index contributed by atoms with van der Waals surface area (Å²) >= 11 is 0. The van der Waals surface area contributed by atoms with E-state index >= 15 is 0 Å². The third kappa shape index (κ3) is 2.56. The van der Waals surface area contributed by atoms with Crippen LogP contribution in [-0.2, 0) is 4.79 Å². The van der Waals surface area contributed by atoms with Gasteiger partial charge in [0.2, 0.25) is 5.91 Å². The van der Waals surface area contributed by atoms with Gasteiger partial charge in [-0.3, -0.25) is 15.0 Å². The van der Waals surface area contributed by atoms with Gasteiger partial charge in [-0.1, -0.05) is 36.4 Å². The molecule has 0 bridgehead atoms. The molecule has 2 aliphatic rings. The molecule has 3 atom stereocenters. The van der Waals surface area contributed by atoms with Gasteiger partial charge >= 0.3 is 0 Å². The number of nitrogens with one attached hydrogen (secondary N) is 1. The van der Waals surface area contributed by atoms with E-state index in [0.29, 0.717) is 5.92 Å². The summed E-state index contributed by atoms with van der Waals surface area (Å²) in [5.74, 6) is 0.0726. The predicted molar refractivity (Wildman–Crippen MR) is 96.9 cm³/mol. The standard InChI is InChI=1S/C21H19N3O2/c25-21(24-26)20-18(13-4-2-1-3-5-13)19(20)14-8-9-15-16(10-14)23-17(11-22-15)12-6-7-12/h1-5,8-12,18-20,26H,6-7H2,(H,24,25)/t18-,19-,20-/m1/s1. The van der Waals surface area contributed by atoms with E-state index in [9.17, 15) is 4.79 Å². The van der Waals surface area contributed by atoms with Crippen molar-refractivity contribution in [3.8, 4) is 0 Å². The van der Waals surface area contributed by atoms with Crippen molar-refractivity contribution < 1.29 is 10.0 Å². The monoisotopic (exact) mass is 345 g/mol. The maximum absolute atomic E-state index is 12.2. The molecule has 0 spiro atoms. The summed E-state index contributed by atoms with van der Waals surface area (Å²) in [6.45, 7) is 0. The molecule has 2 aliphatic carbocycles. The first-order valence-corrected chi connectivity index (χ1v) is 9.02. The van der Waals surface area contributed by atoms with E-state index < -0.39 is 0 Å². The SMILES string of the molecule is O=C(NO)[C@@H]1[C@H](c2ccccc2)[C@H]1c1ccc2ncc(C3CC3)nc2c1. The van der Waals surface area contributed by atoms with Crippen LogP contribution in [0.5, 0.6) is 0 Å². The molecule has 3 aromatic rings. The topological polar surface area (TPSA) is 75.1 Å². The van der Waals surface area contributed by atoms with Gasteiger partial charge in [-0.25, -0.2) is 10.5 Å². The molecule has 0 unspecified atom stereocenters. The highest BCUT2D eigenvalue weighted by Gasteiger charge is 2.56. The maximum atomic E-state index is 12.2. The Balaban J connectivity index is 1.53. The van der Waals surface area contributed by atoms with E-state index in [2.05, 4.69) is 11.1 Å². The number of amides is 1. The Bertz CT molecular complexity index is 985. The molecule has 1 amide bonds. The van der Waals surface area contributed by atoms with E-state index in [1.54, 1.807) is 0 Å².